The van der Waals surface area contributed by atoms with E-state index in [0.29, 0.717) is 13.1 Å². The summed E-state index contributed by atoms with van der Waals surface area (Å²) >= 11 is 0. The number of hydrogen-bond acceptors (Lipinski definition) is 6. The largest absolute Gasteiger partial charge is 0.459 e. The van der Waals surface area contributed by atoms with E-state index in [1.807, 2.05) is 0 Å². The van der Waals surface area contributed by atoms with Crippen molar-refractivity contribution < 1.29 is 22.1 Å². The van der Waals surface area contributed by atoms with Crippen molar-refractivity contribution in [1.82, 2.24) is 5.32 Å². The van der Waals surface area contributed by atoms with Gasteiger partial charge in [0.15, 0.2) is 5.75 Å². The molecule has 0 amide bonds. The number of hydrogen-bond donors (Lipinski definition) is 1. The van der Waals surface area contributed by atoms with Gasteiger partial charge in [-0.2, -0.15) is 8.42 Å². The number of nitrogens with one attached hydrogen (secondary N) is 1. The molecule has 1 heterocycles. The van der Waals surface area contributed by atoms with Crippen LogP contribution >= 0.6 is 0 Å². The van der Waals surface area contributed by atoms with E-state index in [1.165, 1.54) is 0 Å². The van der Waals surface area contributed by atoms with Gasteiger partial charge >= 0.3 is 5.97 Å². The molecule has 7 heteroatoms. The second kappa shape index (κ2) is 4.68. The van der Waals surface area contributed by atoms with Gasteiger partial charge in [-0.05, 0) is 20.8 Å². The van der Waals surface area contributed by atoms with Crippen LogP contribution in [0.4, 0.5) is 0 Å². The van der Waals surface area contributed by atoms with Gasteiger partial charge in [0.25, 0.3) is 10.1 Å². The Kier molecular flexibility index (Phi) is 3.92. The molecule has 1 fully saturated rings. The zero-order valence-electron chi connectivity index (χ0n) is 9.65. The van der Waals surface area contributed by atoms with Gasteiger partial charge in [0.05, 0.1) is 0 Å². The van der Waals surface area contributed by atoms with Crippen molar-refractivity contribution in [1.29, 1.82) is 0 Å². The quantitative estimate of drug-likeness (QED) is 0.543. The number of carbonyl (C=O) groups excluding carboxylic acids is 1. The number of ether oxygens (including phenoxy) is 1. The van der Waals surface area contributed by atoms with E-state index >= 15 is 0 Å². The van der Waals surface area contributed by atoms with E-state index < -0.39 is 27.4 Å². The normalized spacial score (nSPS) is 17.9. The van der Waals surface area contributed by atoms with Gasteiger partial charge in [0, 0.05) is 13.1 Å². The molecule has 0 radical (unpaired) electrons. The smallest absolute Gasteiger partial charge is 0.324 e. The topological polar surface area (TPSA) is 81.7 Å². The Morgan fingerprint density at radius 1 is 1.38 bits per heavy atom. The molecular weight excluding hydrogens is 234 g/mol. The van der Waals surface area contributed by atoms with E-state index in [-0.39, 0.29) is 6.10 Å². The minimum atomic E-state index is -3.83. The predicted octanol–water partition coefficient (Wildman–Crippen LogP) is -0.354. The van der Waals surface area contributed by atoms with Gasteiger partial charge in [0.2, 0.25) is 0 Å². The Hall–Kier alpha value is -0.660. The van der Waals surface area contributed by atoms with Crippen LogP contribution in [0.2, 0.25) is 0 Å². The summed E-state index contributed by atoms with van der Waals surface area (Å²) in [4.78, 5) is 11.3. The minimum absolute atomic E-state index is 0.354. The van der Waals surface area contributed by atoms with Crippen molar-refractivity contribution in [3.05, 3.63) is 0 Å². The van der Waals surface area contributed by atoms with E-state index in [1.54, 1.807) is 20.8 Å². The SMILES string of the molecule is CC(C)(C)OC(=O)CS(=O)(=O)OC1CNC1. The van der Waals surface area contributed by atoms with E-state index in [0.717, 1.165) is 0 Å². The molecule has 0 aliphatic carbocycles. The van der Waals surface area contributed by atoms with Crippen molar-refractivity contribution in [2.75, 3.05) is 18.8 Å². The van der Waals surface area contributed by atoms with Crippen LogP contribution in [0.5, 0.6) is 0 Å². The molecule has 0 aromatic rings. The van der Waals surface area contributed by atoms with Gasteiger partial charge in [-0.15, -0.1) is 0 Å². The van der Waals surface area contributed by atoms with Crippen molar-refractivity contribution in [3.8, 4) is 0 Å². The maximum absolute atomic E-state index is 11.4. The molecule has 0 atom stereocenters. The molecule has 1 aliphatic heterocycles. The standard InChI is InChI=1S/C9H17NO5S/c1-9(2,3)14-8(11)6-16(12,13)15-7-4-10-5-7/h7,10H,4-6H2,1-3H3. The summed E-state index contributed by atoms with van der Waals surface area (Å²) in [6.07, 6.45) is -0.354. The first-order valence-corrected chi connectivity index (χ1v) is 6.59. The fourth-order valence-corrected chi connectivity index (χ4v) is 2.05. The van der Waals surface area contributed by atoms with Crippen LogP contribution < -0.4 is 5.32 Å². The fraction of sp³-hybridized carbons (Fsp3) is 0.889. The van der Waals surface area contributed by atoms with E-state index in [2.05, 4.69) is 5.32 Å². The highest BCUT2D eigenvalue weighted by atomic mass is 32.2. The number of esters is 1. The first kappa shape index (κ1) is 13.4. The maximum atomic E-state index is 11.4. The van der Waals surface area contributed by atoms with Gasteiger partial charge in [-0.3, -0.25) is 8.98 Å². The van der Waals surface area contributed by atoms with Crippen LogP contribution in [0.1, 0.15) is 20.8 Å². The Balaban J connectivity index is 2.42. The summed E-state index contributed by atoms with van der Waals surface area (Å²) in [5.41, 5.74) is -0.690. The highest BCUT2D eigenvalue weighted by molar-refractivity contribution is 7.87. The number of rotatable bonds is 4. The molecular formula is C9H17NO5S. The molecule has 0 aromatic carbocycles. The third-order valence-electron chi connectivity index (χ3n) is 1.74. The molecule has 0 unspecified atom stereocenters. The van der Waals surface area contributed by atoms with Gasteiger partial charge in [-0.1, -0.05) is 0 Å². The average molecular weight is 251 g/mol. The van der Waals surface area contributed by atoms with Gasteiger partial charge in [-0.25, -0.2) is 0 Å². The molecule has 0 aromatic heterocycles. The third-order valence-corrected chi connectivity index (χ3v) is 2.90. The molecule has 1 saturated heterocycles. The molecule has 1 N–H and O–H groups in total. The zero-order chi connectivity index (χ0) is 12.4. The third kappa shape index (κ3) is 4.91. The number of carbonyl (C=O) groups is 1. The second-order valence-electron chi connectivity index (χ2n) is 4.66. The van der Waals surface area contributed by atoms with Crippen LogP contribution in [-0.4, -0.2) is 44.9 Å². The van der Waals surface area contributed by atoms with E-state index in [4.69, 9.17) is 8.92 Å². The highest BCUT2D eigenvalue weighted by Gasteiger charge is 2.28. The molecule has 16 heavy (non-hydrogen) atoms. The Bertz CT molecular complexity index is 353. The molecule has 0 saturated carbocycles. The summed E-state index contributed by atoms with van der Waals surface area (Å²) in [5.74, 6) is -1.53. The molecule has 0 spiro atoms. The minimum Gasteiger partial charge on any atom is -0.459 e. The lowest BCUT2D eigenvalue weighted by atomic mass is 10.2. The Morgan fingerprint density at radius 3 is 2.31 bits per heavy atom. The molecule has 6 nitrogen and oxygen atoms in total. The van der Waals surface area contributed by atoms with Gasteiger partial charge in [0.1, 0.15) is 11.7 Å². The lowest BCUT2D eigenvalue weighted by Gasteiger charge is -2.26. The zero-order valence-corrected chi connectivity index (χ0v) is 10.5. The second-order valence-corrected chi connectivity index (χ2v) is 6.26. The van der Waals surface area contributed by atoms with Crippen molar-refractivity contribution >= 4 is 16.1 Å². The highest BCUT2D eigenvalue weighted by Crippen LogP contribution is 2.10. The summed E-state index contributed by atoms with van der Waals surface area (Å²) in [5, 5.41) is 2.87. The molecule has 94 valence electrons. The van der Waals surface area contributed by atoms with Crippen molar-refractivity contribution in [2.24, 2.45) is 0 Å². The fourth-order valence-electron chi connectivity index (χ4n) is 1.09. The lowest BCUT2D eigenvalue weighted by molar-refractivity contribution is -0.151. The van der Waals surface area contributed by atoms with Crippen LogP contribution in [0.15, 0.2) is 0 Å². The lowest BCUT2D eigenvalue weighted by Crippen LogP contribution is -2.49. The summed E-state index contributed by atoms with van der Waals surface area (Å²) in [6.45, 7) is 6.01. The summed E-state index contributed by atoms with van der Waals surface area (Å²) in [7, 11) is -3.83. The maximum Gasteiger partial charge on any atom is 0.324 e. The van der Waals surface area contributed by atoms with Crippen LogP contribution in [0.3, 0.4) is 0 Å². The van der Waals surface area contributed by atoms with Crippen LogP contribution in [-0.2, 0) is 23.8 Å². The Morgan fingerprint density at radius 2 is 1.94 bits per heavy atom. The van der Waals surface area contributed by atoms with Crippen molar-refractivity contribution in [2.45, 2.75) is 32.5 Å². The molecule has 1 aliphatic rings. The predicted molar refractivity (Wildman–Crippen MR) is 57.4 cm³/mol. The summed E-state index contributed by atoms with van der Waals surface area (Å²) < 4.78 is 32.4. The van der Waals surface area contributed by atoms with Crippen LogP contribution in [0.25, 0.3) is 0 Å². The van der Waals surface area contributed by atoms with Crippen molar-refractivity contribution in [3.63, 3.8) is 0 Å². The summed E-state index contributed by atoms with van der Waals surface area (Å²) in [6, 6.07) is 0. The Labute approximate surface area is 95.4 Å². The van der Waals surface area contributed by atoms with E-state index in [9.17, 15) is 13.2 Å². The molecule has 0 bridgehead atoms. The molecule has 1 rings (SSSR count). The van der Waals surface area contributed by atoms with Gasteiger partial charge < -0.3 is 10.1 Å². The first-order valence-electron chi connectivity index (χ1n) is 5.01. The van der Waals surface area contributed by atoms with Crippen LogP contribution in [0, 0.1) is 0 Å². The monoisotopic (exact) mass is 251 g/mol. The first-order chi connectivity index (χ1) is 7.18. The average Bonchev–Trinajstić information content (AvgIpc) is 1.91.